The first-order valence-corrected chi connectivity index (χ1v) is 6.30. The van der Waals surface area contributed by atoms with E-state index in [0.29, 0.717) is 25.0 Å². The Hall–Kier alpha value is -1.34. The second-order valence-corrected chi connectivity index (χ2v) is 5.21. The first-order chi connectivity index (χ1) is 8.86. The van der Waals surface area contributed by atoms with Gasteiger partial charge in [0, 0.05) is 26.2 Å². The molecule has 1 saturated heterocycles. The number of carbonyl (C=O) groups is 2. The summed E-state index contributed by atoms with van der Waals surface area (Å²) in [6.45, 7) is 3.29. The standard InChI is InChI=1S/C12H23N3O4/c1-8-5-15(6-10(8)14(2)3)12(18)13-9(7-19-4)11(16)17/h8-10H,5-7H2,1-4H3,(H,13,18)(H,16,17). The average molecular weight is 273 g/mol. The van der Waals surface area contributed by atoms with Crippen LogP contribution in [-0.4, -0.2) is 79.9 Å². The number of likely N-dealkylation sites (tertiary alicyclic amines) is 1. The number of amides is 2. The van der Waals surface area contributed by atoms with E-state index in [1.54, 1.807) is 4.90 Å². The van der Waals surface area contributed by atoms with Crippen molar-refractivity contribution in [2.75, 3.05) is 40.9 Å². The molecule has 2 N–H and O–H groups in total. The van der Waals surface area contributed by atoms with Gasteiger partial charge in [0.25, 0.3) is 0 Å². The monoisotopic (exact) mass is 273 g/mol. The van der Waals surface area contributed by atoms with E-state index in [2.05, 4.69) is 17.1 Å². The number of ether oxygens (including phenoxy) is 1. The average Bonchev–Trinajstić information content (AvgIpc) is 2.70. The molecule has 7 nitrogen and oxygen atoms in total. The maximum Gasteiger partial charge on any atom is 0.328 e. The molecule has 0 aliphatic carbocycles. The Bertz CT molecular complexity index is 335. The van der Waals surface area contributed by atoms with Gasteiger partial charge in [0.2, 0.25) is 0 Å². The summed E-state index contributed by atoms with van der Waals surface area (Å²) in [5, 5.41) is 11.5. The summed E-state index contributed by atoms with van der Waals surface area (Å²) in [7, 11) is 5.36. The van der Waals surface area contributed by atoms with Crippen molar-refractivity contribution in [3.63, 3.8) is 0 Å². The van der Waals surface area contributed by atoms with Crippen LogP contribution in [0.4, 0.5) is 4.79 Å². The van der Waals surface area contributed by atoms with E-state index < -0.39 is 12.0 Å². The molecule has 0 saturated carbocycles. The van der Waals surface area contributed by atoms with Crippen LogP contribution in [0.25, 0.3) is 0 Å². The van der Waals surface area contributed by atoms with Gasteiger partial charge in [-0.05, 0) is 20.0 Å². The molecule has 1 rings (SSSR count). The zero-order valence-electron chi connectivity index (χ0n) is 11.9. The molecule has 0 aromatic carbocycles. The number of hydrogen-bond acceptors (Lipinski definition) is 4. The lowest BCUT2D eigenvalue weighted by Crippen LogP contribution is -2.49. The van der Waals surface area contributed by atoms with E-state index >= 15 is 0 Å². The molecule has 0 aromatic rings. The van der Waals surface area contributed by atoms with Crippen molar-refractivity contribution >= 4 is 12.0 Å². The fourth-order valence-electron chi connectivity index (χ4n) is 2.37. The number of urea groups is 1. The topological polar surface area (TPSA) is 82.1 Å². The predicted molar refractivity (Wildman–Crippen MR) is 70.0 cm³/mol. The molecule has 0 spiro atoms. The van der Waals surface area contributed by atoms with Gasteiger partial charge >= 0.3 is 12.0 Å². The highest BCUT2D eigenvalue weighted by molar-refractivity contribution is 5.82. The van der Waals surface area contributed by atoms with Crippen LogP contribution >= 0.6 is 0 Å². The van der Waals surface area contributed by atoms with Gasteiger partial charge in [-0.1, -0.05) is 6.92 Å². The van der Waals surface area contributed by atoms with Crippen LogP contribution in [0.5, 0.6) is 0 Å². The van der Waals surface area contributed by atoms with E-state index in [1.807, 2.05) is 14.1 Å². The Morgan fingerprint density at radius 2 is 2.11 bits per heavy atom. The van der Waals surface area contributed by atoms with Crippen LogP contribution in [0, 0.1) is 5.92 Å². The van der Waals surface area contributed by atoms with E-state index in [1.165, 1.54) is 7.11 Å². The van der Waals surface area contributed by atoms with Gasteiger partial charge in [-0.2, -0.15) is 0 Å². The summed E-state index contributed by atoms with van der Waals surface area (Å²) in [5.41, 5.74) is 0. The van der Waals surface area contributed by atoms with Gasteiger partial charge in [0.05, 0.1) is 6.61 Å². The molecule has 1 aliphatic rings. The zero-order chi connectivity index (χ0) is 14.6. The summed E-state index contributed by atoms with van der Waals surface area (Å²) < 4.78 is 4.79. The highest BCUT2D eigenvalue weighted by Crippen LogP contribution is 2.19. The third-order valence-corrected chi connectivity index (χ3v) is 3.45. The molecule has 3 atom stereocenters. The number of carboxylic acid groups (broad SMARTS) is 1. The van der Waals surface area contributed by atoms with Gasteiger partial charge in [0.1, 0.15) is 0 Å². The normalized spacial score (nSPS) is 24.6. The van der Waals surface area contributed by atoms with Crippen molar-refractivity contribution in [3.05, 3.63) is 0 Å². The molecule has 0 bridgehead atoms. The second-order valence-electron chi connectivity index (χ2n) is 5.21. The van der Waals surface area contributed by atoms with E-state index in [0.717, 1.165) is 0 Å². The smallest absolute Gasteiger partial charge is 0.328 e. The van der Waals surface area contributed by atoms with Crippen molar-refractivity contribution in [2.24, 2.45) is 5.92 Å². The second kappa shape index (κ2) is 6.72. The number of carbonyl (C=O) groups excluding carboxylic acids is 1. The van der Waals surface area contributed by atoms with E-state index in [9.17, 15) is 9.59 Å². The summed E-state index contributed by atoms with van der Waals surface area (Å²) in [5.74, 6) is -0.724. The minimum atomic E-state index is -1.09. The Morgan fingerprint density at radius 3 is 2.53 bits per heavy atom. The number of likely N-dealkylation sites (N-methyl/N-ethyl adjacent to an activating group) is 1. The molecule has 0 aromatic heterocycles. The fraction of sp³-hybridized carbons (Fsp3) is 0.833. The molecule has 0 radical (unpaired) electrons. The molecule has 1 aliphatic heterocycles. The number of methoxy groups -OCH3 is 1. The van der Waals surface area contributed by atoms with E-state index in [-0.39, 0.29) is 12.6 Å². The van der Waals surface area contributed by atoms with Crippen molar-refractivity contribution < 1.29 is 19.4 Å². The van der Waals surface area contributed by atoms with Crippen molar-refractivity contribution in [2.45, 2.75) is 19.0 Å². The van der Waals surface area contributed by atoms with Gasteiger partial charge in [-0.15, -0.1) is 0 Å². The number of rotatable bonds is 5. The third kappa shape index (κ3) is 4.07. The molecular weight excluding hydrogens is 250 g/mol. The van der Waals surface area contributed by atoms with Gasteiger partial charge in [-0.3, -0.25) is 0 Å². The number of hydrogen-bond donors (Lipinski definition) is 2. The fourth-order valence-corrected chi connectivity index (χ4v) is 2.37. The van der Waals surface area contributed by atoms with Crippen molar-refractivity contribution in [1.29, 1.82) is 0 Å². The van der Waals surface area contributed by atoms with Crippen LogP contribution in [0.1, 0.15) is 6.92 Å². The van der Waals surface area contributed by atoms with Gasteiger partial charge in [-0.25, -0.2) is 9.59 Å². The largest absolute Gasteiger partial charge is 0.480 e. The lowest BCUT2D eigenvalue weighted by molar-refractivity contribution is -0.140. The van der Waals surface area contributed by atoms with Gasteiger partial charge in [0.15, 0.2) is 6.04 Å². The molecule has 1 fully saturated rings. The molecule has 19 heavy (non-hydrogen) atoms. The number of nitrogens with one attached hydrogen (secondary N) is 1. The summed E-state index contributed by atoms with van der Waals surface area (Å²) in [6.07, 6.45) is 0. The highest BCUT2D eigenvalue weighted by atomic mass is 16.5. The van der Waals surface area contributed by atoms with Crippen LogP contribution in [0.2, 0.25) is 0 Å². The third-order valence-electron chi connectivity index (χ3n) is 3.45. The zero-order valence-corrected chi connectivity index (χ0v) is 11.9. The first kappa shape index (κ1) is 15.7. The highest BCUT2D eigenvalue weighted by Gasteiger charge is 2.34. The number of carboxylic acids is 1. The minimum absolute atomic E-state index is 0.0401. The van der Waals surface area contributed by atoms with E-state index in [4.69, 9.17) is 9.84 Å². The molecule has 7 heteroatoms. The SMILES string of the molecule is COCC(NC(=O)N1CC(C)C(N(C)C)C1)C(=O)O. The lowest BCUT2D eigenvalue weighted by atomic mass is 10.1. The van der Waals surface area contributed by atoms with Crippen LogP contribution < -0.4 is 5.32 Å². The van der Waals surface area contributed by atoms with Crippen LogP contribution in [0.15, 0.2) is 0 Å². The maximum atomic E-state index is 12.0. The molecular formula is C12H23N3O4. The summed E-state index contributed by atoms with van der Waals surface area (Å²) in [4.78, 5) is 26.7. The predicted octanol–water partition coefficient (Wildman–Crippen LogP) is -0.322. The van der Waals surface area contributed by atoms with Crippen LogP contribution in [0.3, 0.4) is 0 Å². The molecule has 110 valence electrons. The molecule has 1 heterocycles. The summed E-state index contributed by atoms with van der Waals surface area (Å²) >= 11 is 0. The Morgan fingerprint density at radius 1 is 1.47 bits per heavy atom. The lowest BCUT2D eigenvalue weighted by Gasteiger charge is -2.23. The van der Waals surface area contributed by atoms with Gasteiger partial charge < -0.3 is 25.0 Å². The quantitative estimate of drug-likeness (QED) is 0.717. The summed E-state index contributed by atoms with van der Waals surface area (Å²) in [6, 6.07) is -1.05. The Labute approximate surface area is 113 Å². The number of aliphatic carboxylic acids is 1. The van der Waals surface area contributed by atoms with Crippen LogP contribution in [-0.2, 0) is 9.53 Å². The molecule has 2 amide bonds. The Kier molecular flexibility index (Phi) is 5.56. The maximum absolute atomic E-state index is 12.0. The van der Waals surface area contributed by atoms with Crippen molar-refractivity contribution in [1.82, 2.24) is 15.1 Å². The minimum Gasteiger partial charge on any atom is -0.480 e. The first-order valence-electron chi connectivity index (χ1n) is 6.30. The Balaban J connectivity index is 2.57. The molecule has 3 unspecified atom stereocenters. The number of nitrogens with zero attached hydrogens (tertiary/aromatic N) is 2. The van der Waals surface area contributed by atoms with Crippen molar-refractivity contribution in [3.8, 4) is 0 Å².